The molecule has 1 unspecified atom stereocenters. The molecule has 0 aromatic heterocycles. The van der Waals surface area contributed by atoms with Crippen LogP contribution in [0.5, 0.6) is 0 Å². The average molecular weight is 312 g/mol. The number of hydrogen-bond acceptors (Lipinski definition) is 3. The van der Waals surface area contributed by atoms with Crippen LogP contribution >= 0.6 is 0 Å². The molecule has 1 rings (SSSR count). The normalized spacial score (nSPS) is 13.3. The van der Waals surface area contributed by atoms with E-state index in [0.717, 1.165) is 30.4 Å². The zero-order valence-electron chi connectivity index (χ0n) is 13.4. The van der Waals surface area contributed by atoms with Crippen molar-refractivity contribution >= 4 is 10.0 Å². The molecule has 0 spiro atoms. The molecule has 1 atom stereocenters. The van der Waals surface area contributed by atoms with E-state index in [-0.39, 0.29) is 6.04 Å². The van der Waals surface area contributed by atoms with Gasteiger partial charge in [0, 0.05) is 12.6 Å². The van der Waals surface area contributed by atoms with Crippen LogP contribution in [0.15, 0.2) is 23.1 Å². The fourth-order valence-corrected chi connectivity index (χ4v) is 3.91. The second-order valence-electron chi connectivity index (χ2n) is 5.68. The first kappa shape index (κ1) is 18.1. The van der Waals surface area contributed by atoms with E-state index in [2.05, 4.69) is 11.6 Å². The van der Waals surface area contributed by atoms with Crippen molar-refractivity contribution in [2.24, 2.45) is 5.73 Å². The Balaban J connectivity index is 2.68. The van der Waals surface area contributed by atoms with Gasteiger partial charge in [0.25, 0.3) is 0 Å². The number of rotatable bonds is 9. The number of unbranched alkanes of at least 4 members (excludes halogenated alkanes) is 3. The highest BCUT2D eigenvalue weighted by atomic mass is 32.2. The average Bonchev–Trinajstić information content (AvgIpc) is 2.42. The zero-order chi connectivity index (χ0) is 15.9. The van der Waals surface area contributed by atoms with Gasteiger partial charge in [0.15, 0.2) is 0 Å². The molecule has 0 heterocycles. The van der Waals surface area contributed by atoms with Crippen LogP contribution in [-0.4, -0.2) is 14.5 Å². The lowest BCUT2D eigenvalue weighted by Crippen LogP contribution is -2.33. The summed E-state index contributed by atoms with van der Waals surface area (Å²) in [5, 5.41) is 0. The third-order valence-corrected chi connectivity index (χ3v) is 5.36. The molecule has 0 aliphatic rings. The van der Waals surface area contributed by atoms with Gasteiger partial charge in [-0.15, -0.1) is 0 Å². The summed E-state index contributed by atoms with van der Waals surface area (Å²) in [5.74, 6) is 0. The molecule has 0 amide bonds. The van der Waals surface area contributed by atoms with Crippen molar-refractivity contribution in [3.05, 3.63) is 29.3 Å². The Kier molecular flexibility index (Phi) is 7.35. The van der Waals surface area contributed by atoms with Gasteiger partial charge in [-0.3, -0.25) is 0 Å². The van der Waals surface area contributed by atoms with Crippen LogP contribution in [-0.2, 0) is 16.6 Å². The molecule has 0 fully saturated rings. The van der Waals surface area contributed by atoms with E-state index < -0.39 is 10.0 Å². The quantitative estimate of drug-likeness (QED) is 0.688. The highest BCUT2D eigenvalue weighted by molar-refractivity contribution is 7.89. The molecule has 5 heteroatoms. The Morgan fingerprint density at radius 3 is 2.52 bits per heavy atom. The second kappa shape index (κ2) is 8.51. The smallest absolute Gasteiger partial charge is 0.241 e. The molecule has 0 bridgehead atoms. The van der Waals surface area contributed by atoms with Crippen molar-refractivity contribution in [3.8, 4) is 0 Å². The van der Waals surface area contributed by atoms with Crippen molar-refractivity contribution in [2.45, 2.75) is 70.4 Å². The number of nitrogens with two attached hydrogens (primary N) is 1. The Morgan fingerprint density at radius 2 is 1.95 bits per heavy atom. The van der Waals surface area contributed by atoms with Crippen LogP contribution in [0.3, 0.4) is 0 Å². The Labute approximate surface area is 129 Å². The summed E-state index contributed by atoms with van der Waals surface area (Å²) in [6.45, 7) is 6.31. The highest BCUT2D eigenvalue weighted by Crippen LogP contribution is 2.17. The van der Waals surface area contributed by atoms with Gasteiger partial charge in [0.2, 0.25) is 10.0 Å². The van der Waals surface area contributed by atoms with E-state index in [1.807, 2.05) is 13.0 Å². The van der Waals surface area contributed by atoms with Gasteiger partial charge >= 0.3 is 0 Å². The SMILES string of the molecule is CCCCCCC(C)NS(=O)(=O)c1ccc(CN)cc1C. The van der Waals surface area contributed by atoms with Crippen LogP contribution in [0.25, 0.3) is 0 Å². The van der Waals surface area contributed by atoms with E-state index in [1.54, 1.807) is 19.1 Å². The maximum Gasteiger partial charge on any atom is 0.241 e. The van der Waals surface area contributed by atoms with Gasteiger partial charge in [0.05, 0.1) is 4.90 Å². The van der Waals surface area contributed by atoms with Gasteiger partial charge in [-0.25, -0.2) is 13.1 Å². The highest BCUT2D eigenvalue weighted by Gasteiger charge is 2.19. The standard InChI is InChI=1S/C16H28N2O2S/c1-4-5-6-7-8-14(3)18-21(19,20)16-10-9-15(12-17)11-13(16)2/h9-11,14,18H,4-8,12,17H2,1-3H3. The van der Waals surface area contributed by atoms with E-state index in [1.165, 1.54) is 12.8 Å². The third-order valence-electron chi connectivity index (χ3n) is 3.61. The number of nitrogens with one attached hydrogen (secondary N) is 1. The Morgan fingerprint density at radius 1 is 1.24 bits per heavy atom. The molecule has 0 radical (unpaired) electrons. The fourth-order valence-electron chi connectivity index (χ4n) is 2.40. The number of hydrogen-bond donors (Lipinski definition) is 2. The monoisotopic (exact) mass is 312 g/mol. The second-order valence-corrected chi connectivity index (χ2v) is 7.36. The lowest BCUT2D eigenvalue weighted by atomic mass is 10.1. The van der Waals surface area contributed by atoms with Crippen molar-refractivity contribution < 1.29 is 8.42 Å². The zero-order valence-corrected chi connectivity index (χ0v) is 14.2. The number of sulfonamides is 1. The first-order valence-corrected chi connectivity index (χ1v) is 9.21. The molecule has 3 N–H and O–H groups in total. The molecule has 4 nitrogen and oxygen atoms in total. The summed E-state index contributed by atoms with van der Waals surface area (Å²) in [6.07, 6.45) is 5.49. The molecule has 0 aliphatic heterocycles. The Bertz CT molecular complexity index is 541. The van der Waals surface area contributed by atoms with Crippen molar-refractivity contribution in [1.29, 1.82) is 0 Å². The topological polar surface area (TPSA) is 72.2 Å². The fraction of sp³-hybridized carbons (Fsp3) is 0.625. The summed E-state index contributed by atoms with van der Waals surface area (Å²) < 4.78 is 27.6. The predicted octanol–water partition coefficient (Wildman–Crippen LogP) is 3.09. The van der Waals surface area contributed by atoms with Crippen molar-refractivity contribution in [1.82, 2.24) is 4.72 Å². The van der Waals surface area contributed by atoms with Crippen molar-refractivity contribution in [2.75, 3.05) is 0 Å². The molecule has 0 aliphatic carbocycles. The first-order valence-electron chi connectivity index (χ1n) is 7.72. The molecule has 0 saturated heterocycles. The largest absolute Gasteiger partial charge is 0.326 e. The van der Waals surface area contributed by atoms with Crippen LogP contribution in [0.4, 0.5) is 0 Å². The minimum Gasteiger partial charge on any atom is -0.326 e. The predicted molar refractivity (Wildman–Crippen MR) is 87.6 cm³/mol. The third kappa shape index (κ3) is 5.77. The van der Waals surface area contributed by atoms with Crippen LogP contribution in [0.2, 0.25) is 0 Å². The van der Waals surface area contributed by atoms with E-state index in [4.69, 9.17) is 5.73 Å². The van der Waals surface area contributed by atoms with Gasteiger partial charge < -0.3 is 5.73 Å². The summed E-state index contributed by atoms with van der Waals surface area (Å²) in [4.78, 5) is 0.347. The van der Waals surface area contributed by atoms with Gasteiger partial charge in [-0.05, 0) is 37.5 Å². The van der Waals surface area contributed by atoms with Gasteiger partial charge in [-0.1, -0.05) is 44.7 Å². The molecule has 120 valence electrons. The summed E-state index contributed by atoms with van der Waals surface area (Å²) >= 11 is 0. The lowest BCUT2D eigenvalue weighted by Gasteiger charge is -2.16. The van der Waals surface area contributed by atoms with Gasteiger partial charge in [0.1, 0.15) is 0 Å². The van der Waals surface area contributed by atoms with Gasteiger partial charge in [-0.2, -0.15) is 0 Å². The summed E-state index contributed by atoms with van der Waals surface area (Å²) in [6, 6.07) is 5.21. The lowest BCUT2D eigenvalue weighted by molar-refractivity contribution is 0.521. The first-order chi connectivity index (χ1) is 9.90. The molecule has 1 aromatic rings. The van der Waals surface area contributed by atoms with E-state index in [0.29, 0.717) is 11.4 Å². The Hall–Kier alpha value is -0.910. The van der Waals surface area contributed by atoms with Crippen LogP contribution in [0.1, 0.15) is 57.1 Å². The number of aryl methyl sites for hydroxylation is 1. The van der Waals surface area contributed by atoms with Crippen molar-refractivity contribution in [3.63, 3.8) is 0 Å². The molecule has 1 aromatic carbocycles. The molecular weight excluding hydrogens is 284 g/mol. The maximum atomic E-state index is 12.4. The van der Waals surface area contributed by atoms with E-state index in [9.17, 15) is 8.42 Å². The van der Waals surface area contributed by atoms with Crippen LogP contribution in [0, 0.1) is 6.92 Å². The molecule has 0 saturated carbocycles. The minimum absolute atomic E-state index is 0.0413. The summed E-state index contributed by atoms with van der Waals surface area (Å²) in [5.41, 5.74) is 7.26. The van der Waals surface area contributed by atoms with E-state index >= 15 is 0 Å². The van der Waals surface area contributed by atoms with Crippen LogP contribution < -0.4 is 10.5 Å². The molecular formula is C16H28N2O2S. The summed E-state index contributed by atoms with van der Waals surface area (Å²) in [7, 11) is -3.45. The molecule has 21 heavy (non-hydrogen) atoms. The maximum absolute atomic E-state index is 12.4. The number of benzene rings is 1. The minimum atomic E-state index is -3.45.